The van der Waals surface area contributed by atoms with Crippen molar-refractivity contribution < 1.29 is 0 Å². The molecule has 0 aliphatic carbocycles. The summed E-state index contributed by atoms with van der Waals surface area (Å²) >= 11 is 0. The molecule has 122 valence electrons. The number of aliphatic imine (C=N–C) groups is 1. The Morgan fingerprint density at radius 3 is 1.78 bits per heavy atom. The lowest BCUT2D eigenvalue weighted by Gasteiger charge is -2.20. The number of hydrogen-bond acceptors (Lipinski definition) is 2. The van der Waals surface area contributed by atoms with Gasteiger partial charge in [0.15, 0.2) is 5.96 Å². The van der Waals surface area contributed by atoms with Crippen LogP contribution in [0.25, 0.3) is 11.1 Å². The Labute approximate surface area is 138 Å². The number of rotatable bonds is 5. The SMILES string of the molecule is CC(C)(C)NCc1ccc(-c2ccc(CN=C(N)N)cc2)cc1. The van der Waals surface area contributed by atoms with Crippen molar-refractivity contribution in [1.82, 2.24) is 5.32 Å². The zero-order valence-electron chi connectivity index (χ0n) is 14.1. The minimum Gasteiger partial charge on any atom is -0.370 e. The maximum atomic E-state index is 5.35. The molecule has 2 rings (SSSR count). The number of guanidine groups is 1. The highest BCUT2D eigenvalue weighted by molar-refractivity contribution is 5.75. The van der Waals surface area contributed by atoms with Crippen molar-refractivity contribution in [2.24, 2.45) is 16.5 Å². The second-order valence-corrected chi connectivity index (χ2v) is 6.74. The fraction of sp³-hybridized carbons (Fsp3) is 0.316. The van der Waals surface area contributed by atoms with Crippen molar-refractivity contribution in [3.8, 4) is 11.1 Å². The van der Waals surface area contributed by atoms with Crippen LogP contribution in [0.3, 0.4) is 0 Å². The normalized spacial score (nSPS) is 11.3. The Balaban J connectivity index is 2.03. The standard InChI is InChI=1S/C19H26N4/c1-19(2,3)23-13-15-6-10-17(11-7-15)16-8-4-14(5-9-16)12-22-18(20)21/h4-11,23H,12-13H2,1-3H3,(H4,20,21,22). The monoisotopic (exact) mass is 310 g/mol. The lowest BCUT2D eigenvalue weighted by molar-refractivity contribution is 0.424. The van der Waals surface area contributed by atoms with Gasteiger partial charge < -0.3 is 16.8 Å². The van der Waals surface area contributed by atoms with Gasteiger partial charge in [0.25, 0.3) is 0 Å². The first-order valence-electron chi connectivity index (χ1n) is 7.82. The third kappa shape index (κ3) is 5.75. The topological polar surface area (TPSA) is 76.4 Å². The highest BCUT2D eigenvalue weighted by Gasteiger charge is 2.08. The quantitative estimate of drug-likeness (QED) is 0.587. The summed E-state index contributed by atoms with van der Waals surface area (Å²) in [6.45, 7) is 7.91. The molecule has 0 aliphatic rings. The Morgan fingerprint density at radius 1 is 0.870 bits per heavy atom. The van der Waals surface area contributed by atoms with Crippen LogP contribution in [-0.4, -0.2) is 11.5 Å². The van der Waals surface area contributed by atoms with Crippen LogP contribution in [0, 0.1) is 0 Å². The number of nitrogens with one attached hydrogen (secondary N) is 1. The summed E-state index contributed by atoms with van der Waals surface area (Å²) in [7, 11) is 0. The van der Waals surface area contributed by atoms with Gasteiger partial charge in [0, 0.05) is 12.1 Å². The summed E-state index contributed by atoms with van der Waals surface area (Å²) in [5.41, 5.74) is 15.6. The Hall–Kier alpha value is -2.33. The molecule has 0 saturated carbocycles. The molecule has 2 aromatic rings. The molecule has 0 unspecified atom stereocenters. The van der Waals surface area contributed by atoms with Gasteiger partial charge in [0.1, 0.15) is 0 Å². The highest BCUT2D eigenvalue weighted by atomic mass is 15.0. The molecule has 0 radical (unpaired) electrons. The van der Waals surface area contributed by atoms with E-state index in [9.17, 15) is 0 Å². The number of hydrogen-bond donors (Lipinski definition) is 3. The fourth-order valence-electron chi connectivity index (χ4n) is 2.17. The molecule has 0 aliphatic heterocycles. The van der Waals surface area contributed by atoms with E-state index in [0.717, 1.165) is 12.1 Å². The van der Waals surface area contributed by atoms with Crippen molar-refractivity contribution in [2.45, 2.75) is 39.4 Å². The summed E-state index contributed by atoms with van der Waals surface area (Å²) in [5, 5.41) is 3.50. The molecule has 0 atom stereocenters. The van der Waals surface area contributed by atoms with Crippen LogP contribution in [0.5, 0.6) is 0 Å². The molecule has 0 aromatic heterocycles. The zero-order valence-corrected chi connectivity index (χ0v) is 14.1. The molecule has 0 amide bonds. The molecule has 23 heavy (non-hydrogen) atoms. The Bertz CT molecular complexity index is 645. The third-order valence-corrected chi connectivity index (χ3v) is 3.51. The first-order valence-corrected chi connectivity index (χ1v) is 7.82. The lowest BCUT2D eigenvalue weighted by atomic mass is 10.0. The van der Waals surface area contributed by atoms with Crippen LogP contribution < -0.4 is 16.8 Å². The molecule has 5 N–H and O–H groups in total. The summed E-state index contributed by atoms with van der Waals surface area (Å²) in [6, 6.07) is 17.0. The maximum absolute atomic E-state index is 5.35. The van der Waals surface area contributed by atoms with Gasteiger partial charge in [-0.25, -0.2) is 4.99 Å². The average molecular weight is 310 g/mol. The first kappa shape index (κ1) is 17.0. The molecule has 0 bridgehead atoms. The van der Waals surface area contributed by atoms with Gasteiger partial charge in [-0.15, -0.1) is 0 Å². The van der Waals surface area contributed by atoms with E-state index in [2.05, 4.69) is 79.6 Å². The zero-order chi connectivity index (χ0) is 16.9. The van der Waals surface area contributed by atoms with E-state index >= 15 is 0 Å². The highest BCUT2D eigenvalue weighted by Crippen LogP contribution is 2.21. The molecule has 0 saturated heterocycles. The van der Waals surface area contributed by atoms with E-state index in [1.54, 1.807) is 0 Å². The van der Waals surface area contributed by atoms with Gasteiger partial charge >= 0.3 is 0 Å². The van der Waals surface area contributed by atoms with Crippen LogP contribution in [0.4, 0.5) is 0 Å². The molecular weight excluding hydrogens is 284 g/mol. The van der Waals surface area contributed by atoms with Crippen molar-refractivity contribution in [1.29, 1.82) is 0 Å². The largest absolute Gasteiger partial charge is 0.370 e. The number of nitrogens with two attached hydrogens (primary N) is 2. The number of nitrogens with zero attached hydrogens (tertiary/aromatic N) is 1. The van der Waals surface area contributed by atoms with Crippen LogP contribution in [0.2, 0.25) is 0 Å². The van der Waals surface area contributed by atoms with Gasteiger partial charge in [-0.3, -0.25) is 0 Å². The molecule has 4 heteroatoms. The smallest absolute Gasteiger partial charge is 0.186 e. The molecular formula is C19H26N4. The minimum absolute atomic E-state index is 0.119. The van der Waals surface area contributed by atoms with E-state index in [1.165, 1.54) is 16.7 Å². The summed E-state index contributed by atoms with van der Waals surface area (Å²) in [6.07, 6.45) is 0. The van der Waals surface area contributed by atoms with E-state index in [1.807, 2.05) is 0 Å². The van der Waals surface area contributed by atoms with E-state index < -0.39 is 0 Å². The van der Waals surface area contributed by atoms with Crippen LogP contribution in [-0.2, 0) is 13.1 Å². The predicted molar refractivity (Wildman–Crippen MR) is 98.0 cm³/mol. The third-order valence-electron chi connectivity index (χ3n) is 3.51. The average Bonchev–Trinajstić information content (AvgIpc) is 2.51. The minimum atomic E-state index is 0.119. The van der Waals surface area contributed by atoms with Crippen molar-refractivity contribution in [3.05, 3.63) is 59.7 Å². The summed E-state index contributed by atoms with van der Waals surface area (Å²) in [4.78, 5) is 4.01. The van der Waals surface area contributed by atoms with E-state index in [-0.39, 0.29) is 11.5 Å². The van der Waals surface area contributed by atoms with E-state index in [0.29, 0.717) is 6.54 Å². The molecule has 0 fully saturated rings. The molecule has 4 nitrogen and oxygen atoms in total. The molecule has 0 heterocycles. The van der Waals surface area contributed by atoms with Gasteiger partial charge in [0.05, 0.1) is 6.54 Å². The van der Waals surface area contributed by atoms with Crippen molar-refractivity contribution >= 4 is 5.96 Å². The van der Waals surface area contributed by atoms with E-state index in [4.69, 9.17) is 11.5 Å². The molecule has 0 spiro atoms. The van der Waals surface area contributed by atoms with Crippen LogP contribution in [0.15, 0.2) is 53.5 Å². The van der Waals surface area contributed by atoms with Gasteiger partial charge in [-0.05, 0) is 43.0 Å². The second kappa shape index (κ2) is 7.29. The first-order chi connectivity index (χ1) is 10.8. The fourth-order valence-corrected chi connectivity index (χ4v) is 2.17. The Kier molecular flexibility index (Phi) is 5.40. The number of benzene rings is 2. The lowest BCUT2D eigenvalue weighted by Crippen LogP contribution is -2.35. The van der Waals surface area contributed by atoms with Gasteiger partial charge in [-0.1, -0.05) is 48.5 Å². The predicted octanol–water partition coefficient (Wildman–Crippen LogP) is 3.02. The maximum Gasteiger partial charge on any atom is 0.186 e. The second-order valence-electron chi connectivity index (χ2n) is 6.74. The van der Waals surface area contributed by atoms with Crippen LogP contribution >= 0.6 is 0 Å². The Morgan fingerprint density at radius 2 is 1.35 bits per heavy atom. The van der Waals surface area contributed by atoms with Gasteiger partial charge in [0.2, 0.25) is 0 Å². The van der Waals surface area contributed by atoms with Crippen LogP contribution in [0.1, 0.15) is 31.9 Å². The molecule has 2 aromatic carbocycles. The van der Waals surface area contributed by atoms with Gasteiger partial charge in [-0.2, -0.15) is 0 Å². The van der Waals surface area contributed by atoms with Crippen molar-refractivity contribution in [2.75, 3.05) is 0 Å². The van der Waals surface area contributed by atoms with Crippen molar-refractivity contribution in [3.63, 3.8) is 0 Å². The summed E-state index contributed by atoms with van der Waals surface area (Å²) < 4.78 is 0. The summed E-state index contributed by atoms with van der Waals surface area (Å²) in [5.74, 6) is 0.119.